The molecule has 0 saturated heterocycles. The number of esters is 2. The van der Waals surface area contributed by atoms with E-state index < -0.39 is 11.9 Å². The highest BCUT2D eigenvalue weighted by molar-refractivity contribution is 5.92. The van der Waals surface area contributed by atoms with Gasteiger partial charge in [0, 0.05) is 6.42 Å². The normalized spacial score (nSPS) is 10.1. The van der Waals surface area contributed by atoms with Crippen molar-refractivity contribution in [2.75, 3.05) is 19.8 Å². The highest BCUT2D eigenvalue weighted by Gasteiger charge is 2.11. The average molecular weight is 515 g/mol. The Balaban J connectivity index is 1.42. The third-order valence-corrected chi connectivity index (χ3v) is 5.16. The number of ketones is 2. The Bertz CT molecular complexity index is 1290. The first-order valence-electron chi connectivity index (χ1n) is 11.6. The van der Waals surface area contributed by atoms with E-state index in [4.69, 9.17) is 18.9 Å². The van der Waals surface area contributed by atoms with Crippen LogP contribution in [0.15, 0.2) is 98.1 Å². The third kappa shape index (κ3) is 8.60. The van der Waals surface area contributed by atoms with E-state index in [0.717, 1.165) is 5.56 Å². The second-order valence-electron chi connectivity index (χ2n) is 7.89. The van der Waals surface area contributed by atoms with Gasteiger partial charge in [0.2, 0.25) is 0 Å². The van der Waals surface area contributed by atoms with Gasteiger partial charge in [0.15, 0.2) is 24.8 Å². The second kappa shape index (κ2) is 13.9. The van der Waals surface area contributed by atoms with Crippen molar-refractivity contribution in [2.45, 2.75) is 6.42 Å². The maximum Gasteiger partial charge on any atom is 0.343 e. The summed E-state index contributed by atoms with van der Waals surface area (Å²) in [4.78, 5) is 47.1. The number of carbonyl (C=O) groups excluding carboxylic acids is 4. The van der Waals surface area contributed by atoms with E-state index in [1.54, 1.807) is 72.8 Å². The Hall–Kier alpha value is -4.98. The Labute approximate surface area is 220 Å². The number of ether oxygens (including phenoxy) is 4. The molecule has 8 nitrogen and oxygen atoms in total. The van der Waals surface area contributed by atoms with Crippen LogP contribution in [0.1, 0.15) is 26.3 Å². The van der Waals surface area contributed by atoms with Gasteiger partial charge in [-0.1, -0.05) is 25.3 Å². The van der Waals surface area contributed by atoms with Gasteiger partial charge in [-0.25, -0.2) is 9.59 Å². The summed E-state index contributed by atoms with van der Waals surface area (Å²) in [7, 11) is 0. The molecule has 3 aromatic carbocycles. The van der Waals surface area contributed by atoms with E-state index in [9.17, 15) is 19.2 Å². The average Bonchev–Trinajstić information content (AvgIpc) is 2.95. The van der Waals surface area contributed by atoms with Crippen molar-refractivity contribution in [1.29, 1.82) is 0 Å². The van der Waals surface area contributed by atoms with Crippen LogP contribution in [-0.2, 0) is 20.7 Å². The van der Waals surface area contributed by atoms with Gasteiger partial charge in [0.05, 0.1) is 17.7 Å². The molecule has 0 spiro atoms. The van der Waals surface area contributed by atoms with E-state index in [1.165, 1.54) is 12.2 Å². The summed E-state index contributed by atoms with van der Waals surface area (Å²) in [6.07, 6.45) is 2.83. The molecule has 0 radical (unpaired) electrons. The third-order valence-electron chi connectivity index (χ3n) is 5.16. The molecule has 0 bridgehead atoms. The lowest BCUT2D eigenvalue weighted by Gasteiger charge is -2.08. The number of rotatable bonds is 14. The van der Waals surface area contributed by atoms with Crippen molar-refractivity contribution in [3.05, 3.63) is 115 Å². The van der Waals surface area contributed by atoms with E-state index in [2.05, 4.69) is 13.2 Å². The number of benzene rings is 3. The predicted molar refractivity (Wildman–Crippen MR) is 140 cm³/mol. The van der Waals surface area contributed by atoms with Crippen LogP contribution in [0.4, 0.5) is 0 Å². The zero-order valence-corrected chi connectivity index (χ0v) is 20.6. The van der Waals surface area contributed by atoms with Crippen LogP contribution in [0.2, 0.25) is 0 Å². The summed E-state index contributed by atoms with van der Waals surface area (Å²) in [5.41, 5.74) is 1.58. The van der Waals surface area contributed by atoms with Crippen molar-refractivity contribution < 1.29 is 38.1 Å². The topological polar surface area (TPSA) is 105 Å². The molecule has 0 N–H and O–H groups in total. The lowest BCUT2D eigenvalue weighted by Crippen LogP contribution is -2.10. The highest BCUT2D eigenvalue weighted by atomic mass is 16.5. The Kier molecular flexibility index (Phi) is 10.1. The number of hydrogen-bond donors (Lipinski definition) is 0. The van der Waals surface area contributed by atoms with Crippen LogP contribution >= 0.6 is 0 Å². The molecule has 0 aliphatic rings. The molecule has 0 heterocycles. The fraction of sp³-hybridized carbons (Fsp3) is 0.133. The van der Waals surface area contributed by atoms with Gasteiger partial charge >= 0.3 is 11.9 Å². The minimum Gasteiger partial charge on any atom is -0.485 e. The van der Waals surface area contributed by atoms with Crippen molar-refractivity contribution in [2.24, 2.45) is 0 Å². The van der Waals surface area contributed by atoms with Gasteiger partial charge in [0.1, 0.15) is 17.2 Å². The standard InChI is InChI=1S/C30H26O8/c1-3-24(31)19-36-26-13-7-22(8-14-26)29(33)35-18-17-21-5-11-28(12-6-21)38-30(34)23-9-15-27(16-10-23)37-20-25(32)4-2/h3-16H,1-2,17-20H2. The second-order valence-corrected chi connectivity index (χ2v) is 7.89. The van der Waals surface area contributed by atoms with Crippen LogP contribution in [-0.4, -0.2) is 43.3 Å². The van der Waals surface area contributed by atoms with E-state index in [-0.39, 0.29) is 31.4 Å². The van der Waals surface area contributed by atoms with E-state index in [0.29, 0.717) is 34.8 Å². The fourth-order valence-electron chi connectivity index (χ4n) is 3.04. The summed E-state index contributed by atoms with van der Waals surface area (Å²) >= 11 is 0. The van der Waals surface area contributed by atoms with Crippen molar-refractivity contribution in [3.8, 4) is 17.2 Å². The van der Waals surface area contributed by atoms with Crippen LogP contribution in [0.3, 0.4) is 0 Å². The highest BCUT2D eigenvalue weighted by Crippen LogP contribution is 2.18. The summed E-state index contributed by atoms with van der Waals surface area (Å²) in [5.74, 6) is -0.227. The number of hydrogen-bond acceptors (Lipinski definition) is 8. The molecule has 0 amide bonds. The molecule has 0 aliphatic heterocycles. The largest absolute Gasteiger partial charge is 0.485 e. The summed E-state index contributed by atoms with van der Waals surface area (Å²) in [6.45, 7) is 6.68. The minimum atomic E-state index is -0.538. The molecule has 0 saturated carbocycles. The van der Waals surface area contributed by atoms with Gasteiger partial charge in [-0.05, 0) is 78.4 Å². The molecular weight excluding hydrogens is 488 g/mol. The molecule has 0 fully saturated rings. The molecular formula is C30H26O8. The summed E-state index contributed by atoms with van der Waals surface area (Å²) in [6, 6.07) is 19.4. The first-order chi connectivity index (χ1) is 18.4. The molecule has 3 rings (SSSR count). The smallest absolute Gasteiger partial charge is 0.343 e. The Morgan fingerprint density at radius 2 is 1.05 bits per heavy atom. The molecule has 194 valence electrons. The van der Waals surface area contributed by atoms with Crippen LogP contribution in [0.5, 0.6) is 17.2 Å². The van der Waals surface area contributed by atoms with Crippen LogP contribution in [0.25, 0.3) is 0 Å². The van der Waals surface area contributed by atoms with Crippen molar-refractivity contribution in [3.63, 3.8) is 0 Å². The van der Waals surface area contributed by atoms with Gasteiger partial charge in [-0.15, -0.1) is 0 Å². The van der Waals surface area contributed by atoms with E-state index >= 15 is 0 Å². The van der Waals surface area contributed by atoms with Crippen LogP contribution in [0, 0.1) is 0 Å². The molecule has 3 aromatic rings. The quantitative estimate of drug-likeness (QED) is 0.175. The monoisotopic (exact) mass is 514 g/mol. The van der Waals surface area contributed by atoms with Gasteiger partial charge in [-0.3, -0.25) is 9.59 Å². The Morgan fingerprint density at radius 3 is 1.53 bits per heavy atom. The molecule has 38 heavy (non-hydrogen) atoms. The van der Waals surface area contributed by atoms with Crippen LogP contribution < -0.4 is 14.2 Å². The lowest BCUT2D eigenvalue weighted by molar-refractivity contribution is -0.117. The SMILES string of the molecule is C=CC(=O)COc1ccc(C(=O)OCCc2ccc(OC(=O)c3ccc(OCC(=O)C=C)cc3)cc2)cc1. The van der Waals surface area contributed by atoms with Gasteiger partial charge in [0.25, 0.3) is 0 Å². The minimum absolute atomic E-state index is 0.116. The van der Waals surface area contributed by atoms with Crippen molar-refractivity contribution in [1.82, 2.24) is 0 Å². The zero-order valence-electron chi connectivity index (χ0n) is 20.6. The fourth-order valence-corrected chi connectivity index (χ4v) is 3.04. The van der Waals surface area contributed by atoms with Gasteiger partial charge in [-0.2, -0.15) is 0 Å². The molecule has 0 atom stereocenters. The number of carbonyl (C=O) groups is 4. The Morgan fingerprint density at radius 1 is 0.605 bits per heavy atom. The molecule has 0 aromatic heterocycles. The lowest BCUT2D eigenvalue weighted by atomic mass is 10.1. The van der Waals surface area contributed by atoms with E-state index in [1.807, 2.05) is 0 Å². The maximum atomic E-state index is 12.4. The predicted octanol–water partition coefficient (Wildman–Crippen LogP) is 4.57. The first kappa shape index (κ1) is 27.6. The molecule has 0 aliphatic carbocycles. The zero-order chi connectivity index (χ0) is 27.3. The van der Waals surface area contributed by atoms with Crippen molar-refractivity contribution >= 4 is 23.5 Å². The maximum absolute atomic E-state index is 12.4. The first-order valence-corrected chi connectivity index (χ1v) is 11.6. The molecule has 0 unspecified atom stereocenters. The summed E-state index contributed by atoms with van der Waals surface area (Å²) in [5, 5.41) is 0. The summed E-state index contributed by atoms with van der Waals surface area (Å²) < 4.78 is 21.3. The van der Waals surface area contributed by atoms with Gasteiger partial charge < -0.3 is 18.9 Å². The molecule has 8 heteroatoms.